The zero-order valence-corrected chi connectivity index (χ0v) is 9.17. The molecular weight excluding hydrogens is 178 g/mol. The highest BCUT2D eigenvalue weighted by molar-refractivity contribution is 5.90. The van der Waals surface area contributed by atoms with E-state index < -0.39 is 0 Å². The Morgan fingerprint density at radius 1 is 1.57 bits per heavy atom. The second kappa shape index (κ2) is 2.80. The molecule has 80 valence electrons. The number of hydrogen-bond donors (Lipinski definition) is 0. The van der Waals surface area contributed by atoms with Crippen LogP contribution in [-0.4, -0.2) is 24.4 Å². The molecule has 0 aromatic heterocycles. The van der Waals surface area contributed by atoms with Crippen LogP contribution in [0.1, 0.15) is 33.1 Å². The Hall–Kier alpha value is -0.410. The maximum Gasteiger partial charge on any atom is 0.141 e. The van der Waals surface area contributed by atoms with Gasteiger partial charge < -0.3 is 10.3 Å². The molecule has 3 heteroatoms. The molecule has 2 unspecified atom stereocenters. The number of ketones is 1. The van der Waals surface area contributed by atoms with E-state index in [1.165, 1.54) is 7.05 Å². The van der Waals surface area contributed by atoms with Crippen molar-refractivity contribution < 1.29 is 4.79 Å². The van der Waals surface area contributed by atoms with E-state index in [-0.39, 0.29) is 10.8 Å². The van der Waals surface area contributed by atoms with Crippen LogP contribution in [0.2, 0.25) is 0 Å². The zero-order chi connectivity index (χ0) is 10.6. The average molecular weight is 196 g/mol. The standard InChI is InChI=1S/C11H18NO2/c1-10(2)8-4-5-11(10,7-12(3)14)9(13)6-8/h8H,4-7H2,1-3H3/q-1. The second-order valence-corrected chi connectivity index (χ2v) is 5.45. The van der Waals surface area contributed by atoms with Gasteiger partial charge in [-0.1, -0.05) is 13.8 Å². The summed E-state index contributed by atoms with van der Waals surface area (Å²) in [6.07, 6.45) is 2.73. The highest BCUT2D eigenvalue weighted by atomic mass is 16.5. The highest BCUT2D eigenvalue weighted by Crippen LogP contribution is 2.63. The molecule has 0 aliphatic heterocycles. The van der Waals surface area contributed by atoms with Gasteiger partial charge in [0, 0.05) is 11.8 Å². The lowest BCUT2D eigenvalue weighted by Gasteiger charge is -2.41. The van der Waals surface area contributed by atoms with E-state index in [0.29, 0.717) is 24.7 Å². The smallest absolute Gasteiger partial charge is 0.141 e. The van der Waals surface area contributed by atoms with Crippen LogP contribution in [0.5, 0.6) is 0 Å². The molecule has 0 aromatic carbocycles. The van der Waals surface area contributed by atoms with Crippen molar-refractivity contribution in [1.29, 1.82) is 0 Å². The Kier molecular flexibility index (Phi) is 2.02. The van der Waals surface area contributed by atoms with Gasteiger partial charge in [-0.3, -0.25) is 4.79 Å². The summed E-state index contributed by atoms with van der Waals surface area (Å²) < 4.78 is 0. The molecule has 2 saturated carbocycles. The Morgan fingerprint density at radius 2 is 2.21 bits per heavy atom. The summed E-state index contributed by atoms with van der Waals surface area (Å²) in [5.41, 5.74) is -0.309. The van der Waals surface area contributed by atoms with Gasteiger partial charge in [-0.2, -0.15) is 0 Å². The molecule has 0 heterocycles. The molecule has 2 rings (SSSR count). The van der Waals surface area contributed by atoms with Crippen molar-refractivity contribution in [2.45, 2.75) is 33.1 Å². The summed E-state index contributed by atoms with van der Waals surface area (Å²) in [6.45, 7) is 4.69. The maximum absolute atomic E-state index is 11.9. The van der Waals surface area contributed by atoms with Crippen molar-refractivity contribution >= 4 is 5.78 Å². The minimum Gasteiger partial charge on any atom is -0.785 e. The summed E-state index contributed by atoms with van der Waals surface area (Å²) in [5, 5.41) is 12.1. The van der Waals surface area contributed by atoms with Crippen LogP contribution in [0.25, 0.3) is 0 Å². The Morgan fingerprint density at radius 3 is 2.57 bits per heavy atom. The topological polar surface area (TPSA) is 43.4 Å². The molecule has 0 amide bonds. The normalized spacial score (nSPS) is 39.8. The predicted molar refractivity (Wildman–Crippen MR) is 54.6 cm³/mol. The Labute approximate surface area is 85.0 Å². The van der Waals surface area contributed by atoms with Crippen molar-refractivity contribution in [3.63, 3.8) is 0 Å². The number of rotatable bonds is 2. The fraction of sp³-hybridized carbons (Fsp3) is 0.909. The second-order valence-electron chi connectivity index (χ2n) is 5.45. The molecule has 0 spiro atoms. The Bertz CT molecular complexity index is 272. The maximum atomic E-state index is 11.9. The van der Waals surface area contributed by atoms with Crippen LogP contribution in [0, 0.1) is 22.0 Å². The predicted octanol–water partition coefficient (Wildman–Crippen LogP) is 1.81. The van der Waals surface area contributed by atoms with Crippen molar-refractivity contribution in [1.82, 2.24) is 5.06 Å². The minimum absolute atomic E-state index is 0.0305. The van der Waals surface area contributed by atoms with E-state index in [9.17, 15) is 10.0 Å². The number of hydrogen-bond acceptors (Lipinski definition) is 3. The van der Waals surface area contributed by atoms with E-state index in [4.69, 9.17) is 0 Å². The Balaban J connectivity index is 2.34. The molecule has 14 heavy (non-hydrogen) atoms. The molecule has 2 bridgehead atoms. The first-order valence-corrected chi connectivity index (χ1v) is 5.32. The molecule has 2 aliphatic carbocycles. The van der Waals surface area contributed by atoms with Crippen LogP contribution in [0.4, 0.5) is 0 Å². The third-order valence-corrected chi connectivity index (χ3v) is 4.63. The van der Waals surface area contributed by atoms with Crippen LogP contribution in [0.3, 0.4) is 0 Å². The van der Waals surface area contributed by atoms with Crippen LogP contribution in [-0.2, 0) is 4.79 Å². The van der Waals surface area contributed by atoms with Gasteiger partial charge in [0.05, 0.1) is 0 Å². The number of carbonyl (C=O) groups excluding carboxylic acids is 1. The van der Waals surface area contributed by atoms with Crippen molar-refractivity contribution in [3.05, 3.63) is 5.21 Å². The fourth-order valence-electron chi connectivity index (χ4n) is 3.52. The summed E-state index contributed by atoms with van der Waals surface area (Å²) in [4.78, 5) is 11.9. The highest BCUT2D eigenvalue weighted by Gasteiger charge is 2.63. The van der Waals surface area contributed by atoms with E-state index in [0.717, 1.165) is 17.9 Å². The lowest BCUT2D eigenvalue weighted by molar-refractivity contribution is -0.130. The number of carbonyl (C=O) groups is 1. The van der Waals surface area contributed by atoms with Gasteiger partial charge in [-0.25, -0.2) is 0 Å². The van der Waals surface area contributed by atoms with E-state index in [2.05, 4.69) is 13.8 Å². The van der Waals surface area contributed by atoms with Gasteiger partial charge in [0.25, 0.3) is 0 Å². The van der Waals surface area contributed by atoms with E-state index in [1.54, 1.807) is 0 Å². The molecule has 2 atom stereocenters. The molecular formula is C11H18NO2-. The fourth-order valence-corrected chi connectivity index (χ4v) is 3.52. The van der Waals surface area contributed by atoms with Crippen molar-refractivity contribution in [2.75, 3.05) is 13.6 Å². The summed E-state index contributed by atoms with van der Waals surface area (Å²) in [5.74, 6) is 0.830. The molecule has 0 aromatic rings. The number of hydroxylamine groups is 2. The van der Waals surface area contributed by atoms with Crippen LogP contribution < -0.4 is 0 Å². The summed E-state index contributed by atoms with van der Waals surface area (Å²) in [6, 6.07) is 0. The molecule has 2 aliphatic rings. The molecule has 0 N–H and O–H groups in total. The SMILES string of the molecule is CN([O-])CC12CCC(CC1=O)C2(C)C. The monoisotopic (exact) mass is 196 g/mol. The third kappa shape index (κ3) is 1.03. The van der Waals surface area contributed by atoms with Gasteiger partial charge in [-0.15, -0.1) is 0 Å². The van der Waals surface area contributed by atoms with Crippen LogP contribution in [0.15, 0.2) is 0 Å². The van der Waals surface area contributed by atoms with Gasteiger partial charge in [0.2, 0.25) is 0 Å². The number of nitrogens with zero attached hydrogens (tertiary/aromatic N) is 1. The number of Topliss-reactive ketones (excluding diaryl/α,β-unsaturated/α-hetero) is 1. The third-order valence-electron chi connectivity index (χ3n) is 4.63. The van der Waals surface area contributed by atoms with E-state index in [1.807, 2.05) is 0 Å². The van der Waals surface area contributed by atoms with E-state index >= 15 is 0 Å². The quantitative estimate of drug-likeness (QED) is 0.633. The molecule has 2 fully saturated rings. The first-order chi connectivity index (χ1) is 6.40. The average Bonchev–Trinajstić information content (AvgIpc) is 2.36. The first-order valence-electron chi connectivity index (χ1n) is 5.32. The summed E-state index contributed by atoms with van der Waals surface area (Å²) >= 11 is 0. The number of fused-ring (bicyclic) bond motifs is 2. The molecule has 3 nitrogen and oxygen atoms in total. The lowest BCUT2D eigenvalue weighted by atomic mass is 9.69. The van der Waals surface area contributed by atoms with Crippen molar-refractivity contribution in [3.8, 4) is 0 Å². The zero-order valence-electron chi connectivity index (χ0n) is 9.17. The van der Waals surface area contributed by atoms with Gasteiger partial charge in [0.1, 0.15) is 5.78 Å². The minimum atomic E-state index is -0.339. The van der Waals surface area contributed by atoms with Gasteiger partial charge >= 0.3 is 0 Å². The van der Waals surface area contributed by atoms with Gasteiger partial charge in [0.15, 0.2) is 0 Å². The van der Waals surface area contributed by atoms with Gasteiger partial charge in [-0.05, 0) is 37.8 Å². The first kappa shape index (κ1) is 10.1. The molecule has 0 radical (unpaired) electrons. The molecule has 0 saturated heterocycles. The summed E-state index contributed by atoms with van der Waals surface area (Å²) in [7, 11) is 1.52. The largest absolute Gasteiger partial charge is 0.785 e. The van der Waals surface area contributed by atoms with Crippen molar-refractivity contribution in [2.24, 2.45) is 16.7 Å². The van der Waals surface area contributed by atoms with Crippen LogP contribution >= 0.6 is 0 Å². The lowest BCUT2D eigenvalue weighted by Crippen LogP contribution is -2.43.